The number of hydrogen-bond acceptors (Lipinski definition) is 3. The van der Waals surface area contributed by atoms with Crippen LogP contribution in [0.3, 0.4) is 0 Å². The zero-order chi connectivity index (χ0) is 15.7. The third kappa shape index (κ3) is 2.76. The van der Waals surface area contributed by atoms with E-state index in [1.807, 2.05) is 6.07 Å². The van der Waals surface area contributed by atoms with Crippen LogP contribution in [0.2, 0.25) is 0 Å². The normalized spacial score (nSPS) is 26.8. The summed E-state index contributed by atoms with van der Waals surface area (Å²) in [6.45, 7) is 2.13. The molecule has 1 aromatic carbocycles. The Morgan fingerprint density at radius 3 is 2.95 bits per heavy atom. The maximum Gasteiger partial charge on any atom is 0.312 e. The van der Waals surface area contributed by atoms with E-state index in [0.717, 1.165) is 18.7 Å². The summed E-state index contributed by atoms with van der Waals surface area (Å²) >= 11 is 0. The number of carbonyl (C=O) groups is 2. The van der Waals surface area contributed by atoms with Crippen molar-refractivity contribution in [3.8, 4) is 0 Å². The standard InChI is InChI=1S/C15H19FN4O2/c16-11-3-1-2-9(4-11)14-12-6-18-5-10(12)8-20(14)13(21)7-19-15(17)22/h1-4,10,12,14,18H,5-8H2,(H3,17,19,22)/t10-,12-,14-/m0/s1. The molecule has 0 bridgehead atoms. The third-order valence-electron chi connectivity index (χ3n) is 4.49. The number of halogens is 1. The van der Waals surface area contributed by atoms with E-state index in [9.17, 15) is 14.0 Å². The lowest BCUT2D eigenvalue weighted by atomic mass is 9.89. The second-order valence-corrected chi connectivity index (χ2v) is 5.85. The van der Waals surface area contributed by atoms with Gasteiger partial charge < -0.3 is 21.3 Å². The predicted molar refractivity (Wildman–Crippen MR) is 78.3 cm³/mol. The van der Waals surface area contributed by atoms with Crippen LogP contribution in [0.15, 0.2) is 24.3 Å². The zero-order valence-corrected chi connectivity index (χ0v) is 12.1. The van der Waals surface area contributed by atoms with Gasteiger partial charge in [-0.25, -0.2) is 9.18 Å². The van der Waals surface area contributed by atoms with E-state index in [1.54, 1.807) is 11.0 Å². The molecule has 0 unspecified atom stereocenters. The summed E-state index contributed by atoms with van der Waals surface area (Å²) in [6.07, 6.45) is 0. The van der Waals surface area contributed by atoms with Gasteiger partial charge in [0.15, 0.2) is 0 Å². The lowest BCUT2D eigenvalue weighted by Crippen LogP contribution is -2.43. The van der Waals surface area contributed by atoms with E-state index in [0.29, 0.717) is 12.5 Å². The summed E-state index contributed by atoms with van der Waals surface area (Å²) in [5.74, 6) is 0.113. The Morgan fingerprint density at radius 2 is 2.23 bits per heavy atom. The maximum absolute atomic E-state index is 13.6. The molecule has 3 atom stereocenters. The van der Waals surface area contributed by atoms with Crippen LogP contribution in [0.25, 0.3) is 0 Å². The molecule has 0 aliphatic carbocycles. The highest BCUT2D eigenvalue weighted by Gasteiger charge is 2.46. The van der Waals surface area contributed by atoms with Crippen LogP contribution in [0.1, 0.15) is 11.6 Å². The maximum atomic E-state index is 13.6. The van der Waals surface area contributed by atoms with Crippen LogP contribution < -0.4 is 16.4 Å². The first-order valence-corrected chi connectivity index (χ1v) is 7.35. The van der Waals surface area contributed by atoms with E-state index in [2.05, 4.69) is 10.6 Å². The van der Waals surface area contributed by atoms with Gasteiger partial charge in [0.1, 0.15) is 5.82 Å². The molecule has 0 aromatic heterocycles. The van der Waals surface area contributed by atoms with Crippen molar-refractivity contribution in [3.05, 3.63) is 35.6 Å². The molecule has 2 aliphatic rings. The number of primary amides is 1. The summed E-state index contributed by atoms with van der Waals surface area (Å²) in [4.78, 5) is 24.9. The third-order valence-corrected chi connectivity index (χ3v) is 4.49. The van der Waals surface area contributed by atoms with Crippen molar-refractivity contribution in [2.75, 3.05) is 26.2 Å². The number of benzene rings is 1. The van der Waals surface area contributed by atoms with E-state index in [1.165, 1.54) is 12.1 Å². The highest BCUT2D eigenvalue weighted by atomic mass is 19.1. The van der Waals surface area contributed by atoms with Crippen LogP contribution >= 0.6 is 0 Å². The number of rotatable bonds is 3. The molecule has 3 rings (SSSR count). The van der Waals surface area contributed by atoms with Crippen LogP contribution in [0.4, 0.5) is 9.18 Å². The fourth-order valence-electron chi connectivity index (χ4n) is 3.56. The fraction of sp³-hybridized carbons (Fsp3) is 0.467. The topological polar surface area (TPSA) is 87.5 Å². The van der Waals surface area contributed by atoms with Crippen LogP contribution in [0, 0.1) is 17.7 Å². The lowest BCUT2D eigenvalue weighted by molar-refractivity contribution is -0.131. The number of hydrogen-bond donors (Lipinski definition) is 3. The minimum atomic E-state index is -0.725. The number of nitrogens with one attached hydrogen (secondary N) is 2. The van der Waals surface area contributed by atoms with Gasteiger partial charge in [0, 0.05) is 25.6 Å². The summed E-state index contributed by atoms with van der Waals surface area (Å²) in [5.41, 5.74) is 5.81. The van der Waals surface area contributed by atoms with Gasteiger partial charge in [0.25, 0.3) is 0 Å². The number of urea groups is 1. The molecule has 2 saturated heterocycles. The average molecular weight is 306 g/mol. The molecule has 0 saturated carbocycles. The molecule has 6 nitrogen and oxygen atoms in total. The number of nitrogens with two attached hydrogens (primary N) is 1. The van der Waals surface area contributed by atoms with Crippen molar-refractivity contribution in [2.45, 2.75) is 6.04 Å². The molecule has 4 N–H and O–H groups in total. The SMILES string of the molecule is NC(=O)NCC(=O)N1C[C@@H]2CNC[C@@H]2[C@@H]1c1cccc(F)c1. The monoisotopic (exact) mass is 306 g/mol. The van der Waals surface area contributed by atoms with Crippen LogP contribution in [-0.4, -0.2) is 43.0 Å². The van der Waals surface area contributed by atoms with Gasteiger partial charge in [-0.2, -0.15) is 0 Å². The first-order chi connectivity index (χ1) is 10.6. The number of nitrogens with zero attached hydrogens (tertiary/aromatic N) is 1. The Balaban J connectivity index is 1.84. The Hall–Kier alpha value is -2.15. The first kappa shape index (κ1) is 14.8. The minimum absolute atomic E-state index is 0.131. The predicted octanol–water partition coefficient (Wildman–Crippen LogP) is 0.213. The van der Waals surface area contributed by atoms with Crippen molar-refractivity contribution in [3.63, 3.8) is 0 Å². The van der Waals surface area contributed by atoms with E-state index >= 15 is 0 Å². The minimum Gasteiger partial charge on any atom is -0.352 e. The molecule has 2 heterocycles. The van der Waals surface area contributed by atoms with Gasteiger partial charge >= 0.3 is 6.03 Å². The molecule has 22 heavy (non-hydrogen) atoms. The number of carbonyl (C=O) groups excluding carboxylic acids is 2. The van der Waals surface area contributed by atoms with Crippen molar-refractivity contribution in [1.82, 2.24) is 15.5 Å². The molecule has 3 amide bonds. The summed E-state index contributed by atoms with van der Waals surface area (Å²) in [7, 11) is 0. The van der Waals surface area contributed by atoms with Gasteiger partial charge in [-0.3, -0.25) is 4.79 Å². The summed E-state index contributed by atoms with van der Waals surface area (Å²) < 4.78 is 13.6. The van der Waals surface area contributed by atoms with Crippen molar-refractivity contribution < 1.29 is 14.0 Å². The lowest BCUT2D eigenvalue weighted by Gasteiger charge is -2.28. The van der Waals surface area contributed by atoms with Gasteiger partial charge in [-0.05, 0) is 23.6 Å². The number of likely N-dealkylation sites (tertiary alicyclic amines) is 1. The van der Waals surface area contributed by atoms with Crippen LogP contribution in [0.5, 0.6) is 0 Å². The van der Waals surface area contributed by atoms with Crippen molar-refractivity contribution >= 4 is 11.9 Å². The van der Waals surface area contributed by atoms with E-state index in [-0.39, 0.29) is 30.2 Å². The summed E-state index contributed by atoms with van der Waals surface area (Å²) in [5, 5.41) is 5.66. The Kier molecular flexibility index (Phi) is 3.98. The van der Waals surface area contributed by atoms with E-state index < -0.39 is 6.03 Å². The van der Waals surface area contributed by atoms with E-state index in [4.69, 9.17) is 5.73 Å². The second kappa shape index (κ2) is 5.92. The molecule has 0 radical (unpaired) electrons. The molecule has 1 aromatic rings. The molecule has 0 spiro atoms. The highest BCUT2D eigenvalue weighted by Crippen LogP contribution is 2.42. The summed E-state index contributed by atoms with van der Waals surface area (Å²) in [6, 6.07) is 5.48. The fourth-order valence-corrected chi connectivity index (χ4v) is 3.56. The zero-order valence-electron chi connectivity index (χ0n) is 12.1. The number of fused-ring (bicyclic) bond motifs is 1. The largest absolute Gasteiger partial charge is 0.352 e. The Bertz CT molecular complexity index is 595. The molecular weight excluding hydrogens is 287 g/mol. The second-order valence-electron chi connectivity index (χ2n) is 5.85. The first-order valence-electron chi connectivity index (χ1n) is 7.35. The van der Waals surface area contributed by atoms with Gasteiger partial charge in [0.05, 0.1) is 12.6 Å². The quantitative estimate of drug-likeness (QED) is 0.746. The molecular formula is C15H19FN4O2. The van der Waals surface area contributed by atoms with Gasteiger partial charge in [0.2, 0.25) is 5.91 Å². The molecule has 118 valence electrons. The Morgan fingerprint density at radius 1 is 1.41 bits per heavy atom. The smallest absolute Gasteiger partial charge is 0.312 e. The van der Waals surface area contributed by atoms with Gasteiger partial charge in [-0.15, -0.1) is 0 Å². The van der Waals surface area contributed by atoms with Gasteiger partial charge in [-0.1, -0.05) is 12.1 Å². The van der Waals surface area contributed by atoms with Crippen molar-refractivity contribution in [1.29, 1.82) is 0 Å². The molecule has 2 aliphatic heterocycles. The number of amides is 3. The molecule has 7 heteroatoms. The Labute approximate surface area is 127 Å². The van der Waals surface area contributed by atoms with Crippen LogP contribution in [-0.2, 0) is 4.79 Å². The van der Waals surface area contributed by atoms with Crippen molar-refractivity contribution in [2.24, 2.45) is 17.6 Å². The molecule has 2 fully saturated rings. The average Bonchev–Trinajstić information content (AvgIpc) is 3.04. The highest BCUT2D eigenvalue weighted by molar-refractivity contribution is 5.84.